The molecule has 16 heavy (non-hydrogen) atoms. The molecule has 0 amide bonds. The van der Waals surface area contributed by atoms with Gasteiger partial charge in [0.1, 0.15) is 6.54 Å². The molecule has 1 aliphatic heterocycles. The van der Waals surface area contributed by atoms with Gasteiger partial charge in [0.15, 0.2) is 6.21 Å². The Hall–Kier alpha value is -0.870. The van der Waals surface area contributed by atoms with Crippen molar-refractivity contribution in [2.75, 3.05) is 6.54 Å². The number of aliphatic imine (C=N–C) groups is 1. The van der Waals surface area contributed by atoms with Crippen LogP contribution in [-0.4, -0.2) is 35.4 Å². The zero-order valence-electron chi connectivity index (χ0n) is 10.0. The third-order valence-corrected chi connectivity index (χ3v) is 2.36. The average molecular weight is 235 g/mol. The first-order valence-corrected chi connectivity index (χ1v) is 5.47. The summed E-state index contributed by atoms with van der Waals surface area (Å²) >= 11 is 0. The highest BCUT2D eigenvalue weighted by Gasteiger charge is 2.43. The number of nitrogens with zero attached hydrogens (tertiary/aromatic N) is 2. The number of rotatable bonds is 3. The maximum Gasteiger partial charge on any atom is 0.439 e. The summed E-state index contributed by atoms with van der Waals surface area (Å²) in [5, 5.41) is 0. The first kappa shape index (κ1) is 13.2. The van der Waals surface area contributed by atoms with Crippen LogP contribution in [0.3, 0.4) is 0 Å². The van der Waals surface area contributed by atoms with Gasteiger partial charge in [-0.25, -0.2) is 9.57 Å². The molecular weight excluding hydrogens is 217 g/mol. The molecule has 1 atom stereocenters. The van der Waals surface area contributed by atoms with Gasteiger partial charge < -0.3 is 0 Å². The average Bonchev–Trinajstić information content (AvgIpc) is 2.45. The van der Waals surface area contributed by atoms with Crippen LogP contribution in [0, 0.1) is 11.8 Å². The van der Waals surface area contributed by atoms with E-state index < -0.39 is 11.9 Å². The normalized spacial score (nSPS) is 21.7. The maximum atomic E-state index is 12.5. The Kier molecular flexibility index (Phi) is 3.76. The topological polar surface area (TPSA) is 15.4 Å². The first-order valence-electron chi connectivity index (χ1n) is 5.47. The Balaban J connectivity index is 2.92. The molecule has 0 bridgehead atoms. The van der Waals surface area contributed by atoms with Gasteiger partial charge in [0.25, 0.3) is 0 Å². The molecule has 0 aromatic heterocycles. The molecule has 1 heterocycles. The largest absolute Gasteiger partial charge is 0.439 e. The lowest BCUT2D eigenvalue weighted by Gasteiger charge is -2.12. The summed E-state index contributed by atoms with van der Waals surface area (Å²) < 4.78 is 39.3. The first-order chi connectivity index (χ1) is 7.21. The van der Waals surface area contributed by atoms with Crippen molar-refractivity contribution >= 4 is 11.9 Å². The molecule has 0 aromatic rings. The number of halogens is 3. The smallest absolute Gasteiger partial charge is 0.211 e. The van der Waals surface area contributed by atoms with E-state index in [9.17, 15) is 13.2 Å². The molecule has 0 radical (unpaired) electrons. The van der Waals surface area contributed by atoms with Gasteiger partial charge in [-0.3, -0.25) is 0 Å². The molecule has 0 saturated carbocycles. The molecule has 2 nitrogen and oxygen atoms in total. The molecule has 0 aliphatic carbocycles. The lowest BCUT2D eigenvalue weighted by molar-refractivity contribution is -0.568. The van der Waals surface area contributed by atoms with Crippen LogP contribution in [0.15, 0.2) is 4.99 Å². The number of hydrogen-bond acceptors (Lipinski definition) is 1. The Morgan fingerprint density at radius 2 is 1.88 bits per heavy atom. The van der Waals surface area contributed by atoms with E-state index in [1.54, 1.807) is 4.58 Å². The van der Waals surface area contributed by atoms with E-state index in [2.05, 4.69) is 4.99 Å². The highest BCUT2D eigenvalue weighted by atomic mass is 19.4. The van der Waals surface area contributed by atoms with Crippen molar-refractivity contribution < 1.29 is 17.7 Å². The van der Waals surface area contributed by atoms with Gasteiger partial charge in [0, 0.05) is 11.8 Å². The minimum atomic E-state index is -4.33. The Morgan fingerprint density at radius 3 is 2.25 bits per heavy atom. The highest BCUT2D eigenvalue weighted by molar-refractivity contribution is 6.32. The van der Waals surface area contributed by atoms with Crippen molar-refractivity contribution in [2.45, 2.75) is 40.0 Å². The van der Waals surface area contributed by atoms with Crippen LogP contribution in [-0.2, 0) is 0 Å². The predicted octanol–water partition coefficient (Wildman–Crippen LogP) is 2.72. The van der Waals surface area contributed by atoms with E-state index in [0.717, 1.165) is 6.21 Å². The van der Waals surface area contributed by atoms with Gasteiger partial charge in [-0.15, -0.1) is 0 Å². The molecule has 1 rings (SSSR count). The van der Waals surface area contributed by atoms with Crippen molar-refractivity contribution in [2.24, 2.45) is 16.8 Å². The second-order valence-corrected chi connectivity index (χ2v) is 4.89. The van der Waals surface area contributed by atoms with E-state index in [-0.39, 0.29) is 12.1 Å². The van der Waals surface area contributed by atoms with Gasteiger partial charge in [0.05, 0.1) is 0 Å². The van der Waals surface area contributed by atoms with Crippen LogP contribution in [0.5, 0.6) is 0 Å². The molecule has 1 aliphatic rings. The molecule has 0 N–H and O–H groups in total. The molecular formula is C11H18F3N2+. The third kappa shape index (κ3) is 3.06. The number of alkyl halides is 3. The van der Waals surface area contributed by atoms with Crippen molar-refractivity contribution in [3.63, 3.8) is 0 Å². The van der Waals surface area contributed by atoms with E-state index in [1.807, 2.05) is 27.7 Å². The quantitative estimate of drug-likeness (QED) is 0.668. The van der Waals surface area contributed by atoms with E-state index in [1.165, 1.54) is 0 Å². The predicted molar refractivity (Wildman–Crippen MR) is 58.1 cm³/mol. The Bertz CT molecular complexity index is 314. The molecule has 92 valence electrons. The van der Waals surface area contributed by atoms with Crippen molar-refractivity contribution in [3.8, 4) is 0 Å². The van der Waals surface area contributed by atoms with E-state index >= 15 is 0 Å². The monoisotopic (exact) mass is 235 g/mol. The fraction of sp³-hybridized carbons (Fsp3) is 0.818. The van der Waals surface area contributed by atoms with Gasteiger partial charge in [0.2, 0.25) is 11.9 Å². The minimum Gasteiger partial charge on any atom is -0.211 e. The zero-order chi connectivity index (χ0) is 12.5. The highest BCUT2D eigenvalue weighted by Crippen LogP contribution is 2.23. The van der Waals surface area contributed by atoms with Crippen LogP contribution in [0.4, 0.5) is 13.2 Å². The van der Waals surface area contributed by atoms with Crippen LogP contribution >= 0.6 is 0 Å². The second kappa shape index (κ2) is 4.55. The summed E-state index contributed by atoms with van der Waals surface area (Å²) in [6, 6.07) is 0. The summed E-state index contributed by atoms with van der Waals surface area (Å²) in [4.78, 5) is 3.76. The SMILES string of the molecule is CC(C)C[N+]1=CC(C(F)(F)F)=NC1C(C)C. The Morgan fingerprint density at radius 1 is 1.31 bits per heavy atom. The second-order valence-electron chi connectivity index (χ2n) is 4.89. The zero-order valence-corrected chi connectivity index (χ0v) is 10.0. The number of hydrogen-bond donors (Lipinski definition) is 0. The molecule has 0 spiro atoms. The standard InChI is InChI=1S/C11H18F3N2/c1-7(2)5-16-6-9(11(12,13)14)15-10(16)8(3)4/h6-8,10H,5H2,1-4H3/q+1. The summed E-state index contributed by atoms with van der Waals surface area (Å²) in [5.41, 5.74) is -0.758. The molecule has 0 saturated heterocycles. The van der Waals surface area contributed by atoms with Crippen LogP contribution in [0.2, 0.25) is 0 Å². The van der Waals surface area contributed by atoms with Crippen molar-refractivity contribution in [1.29, 1.82) is 0 Å². The van der Waals surface area contributed by atoms with Gasteiger partial charge in [-0.1, -0.05) is 27.7 Å². The summed E-state index contributed by atoms with van der Waals surface area (Å²) in [6.45, 7) is 8.34. The maximum absolute atomic E-state index is 12.5. The minimum absolute atomic E-state index is 0.0786. The van der Waals surface area contributed by atoms with Crippen LogP contribution < -0.4 is 0 Å². The van der Waals surface area contributed by atoms with Crippen LogP contribution in [0.1, 0.15) is 27.7 Å². The van der Waals surface area contributed by atoms with Gasteiger partial charge in [-0.2, -0.15) is 13.2 Å². The van der Waals surface area contributed by atoms with E-state index in [0.29, 0.717) is 12.5 Å². The lowest BCUT2D eigenvalue weighted by Crippen LogP contribution is -2.30. The fourth-order valence-electron chi connectivity index (χ4n) is 1.74. The fourth-order valence-corrected chi connectivity index (χ4v) is 1.74. The summed E-state index contributed by atoms with van der Waals surface area (Å²) in [5.74, 6) is 0.398. The Labute approximate surface area is 93.9 Å². The van der Waals surface area contributed by atoms with Crippen LogP contribution in [0.25, 0.3) is 0 Å². The lowest BCUT2D eigenvalue weighted by atomic mass is 10.1. The van der Waals surface area contributed by atoms with Gasteiger partial charge >= 0.3 is 6.18 Å². The van der Waals surface area contributed by atoms with E-state index in [4.69, 9.17) is 0 Å². The molecule has 0 fully saturated rings. The molecule has 1 unspecified atom stereocenters. The molecule has 0 aromatic carbocycles. The third-order valence-electron chi connectivity index (χ3n) is 2.36. The van der Waals surface area contributed by atoms with Crippen molar-refractivity contribution in [1.82, 2.24) is 0 Å². The summed E-state index contributed by atoms with van der Waals surface area (Å²) in [6.07, 6.45) is -3.57. The summed E-state index contributed by atoms with van der Waals surface area (Å²) in [7, 11) is 0. The van der Waals surface area contributed by atoms with Gasteiger partial charge in [-0.05, 0) is 0 Å². The molecule has 5 heteroatoms. The van der Waals surface area contributed by atoms with Crippen molar-refractivity contribution in [3.05, 3.63) is 0 Å².